The van der Waals surface area contributed by atoms with Crippen molar-refractivity contribution >= 4 is 59.5 Å². The Bertz CT molecular complexity index is 2150. The van der Waals surface area contributed by atoms with Crippen LogP contribution in [0.3, 0.4) is 0 Å². The van der Waals surface area contributed by atoms with Gasteiger partial charge in [0.25, 0.3) is 0 Å². The molecule has 8 rings (SSSR count). The average molecular weight is 563 g/mol. The fraction of sp³-hybridized carbons (Fsp3) is 0. The molecule has 0 unspecified atom stereocenters. The summed E-state index contributed by atoms with van der Waals surface area (Å²) in [4.78, 5) is 0. The minimum atomic E-state index is 1.08. The van der Waals surface area contributed by atoms with E-state index in [-0.39, 0.29) is 0 Å². The van der Waals surface area contributed by atoms with E-state index in [1.165, 1.54) is 60.4 Å². The quantitative estimate of drug-likeness (QED) is 0.202. The predicted octanol–water partition coefficient (Wildman–Crippen LogP) is 10.3. The number of halogens is 1. The third-order valence-electron chi connectivity index (χ3n) is 7.77. The molecule has 0 aliphatic rings. The van der Waals surface area contributed by atoms with E-state index in [2.05, 4.69) is 165 Å². The minimum absolute atomic E-state index is 1.08. The third kappa shape index (κ3) is 3.40. The van der Waals surface area contributed by atoms with Gasteiger partial charge in [-0.05, 0) is 71.8 Å². The van der Waals surface area contributed by atoms with Gasteiger partial charge in [-0.3, -0.25) is 0 Å². The summed E-state index contributed by atoms with van der Waals surface area (Å²) in [5, 5.41) is 5.07. The number of benzene rings is 6. The SMILES string of the molecule is Brc1ccc2c(c1)c1c3c4ccccc4n(-c4ccccc4)c3ccc1n2-c1ccc(-c2ccccc2)cc1. The van der Waals surface area contributed by atoms with Crippen molar-refractivity contribution < 1.29 is 0 Å². The van der Waals surface area contributed by atoms with Gasteiger partial charge in [-0.1, -0.05) is 94.8 Å². The largest absolute Gasteiger partial charge is 0.309 e. The molecule has 8 aromatic rings. The first kappa shape index (κ1) is 22.4. The summed E-state index contributed by atoms with van der Waals surface area (Å²) in [6.07, 6.45) is 0. The fourth-order valence-corrected chi connectivity index (χ4v) is 6.47. The number of para-hydroxylation sites is 2. The number of hydrogen-bond donors (Lipinski definition) is 0. The minimum Gasteiger partial charge on any atom is -0.309 e. The lowest BCUT2D eigenvalue weighted by Crippen LogP contribution is -1.94. The van der Waals surface area contributed by atoms with Gasteiger partial charge in [-0.2, -0.15) is 0 Å². The van der Waals surface area contributed by atoms with Crippen molar-refractivity contribution in [3.05, 3.63) is 144 Å². The van der Waals surface area contributed by atoms with Crippen LogP contribution in [0.2, 0.25) is 0 Å². The van der Waals surface area contributed by atoms with Gasteiger partial charge in [0, 0.05) is 37.4 Å². The molecular formula is C36H23BrN2. The molecule has 39 heavy (non-hydrogen) atoms. The molecule has 0 spiro atoms. The monoisotopic (exact) mass is 562 g/mol. The van der Waals surface area contributed by atoms with E-state index >= 15 is 0 Å². The highest BCUT2D eigenvalue weighted by Crippen LogP contribution is 2.42. The Morgan fingerprint density at radius 2 is 0.897 bits per heavy atom. The number of aromatic nitrogens is 2. The van der Waals surface area contributed by atoms with Gasteiger partial charge in [0.15, 0.2) is 0 Å². The molecule has 0 radical (unpaired) electrons. The van der Waals surface area contributed by atoms with Gasteiger partial charge in [-0.25, -0.2) is 0 Å². The Kier molecular flexibility index (Phi) is 5.01. The second kappa shape index (κ2) is 8.72. The highest BCUT2D eigenvalue weighted by Gasteiger charge is 2.20. The molecule has 2 aromatic heterocycles. The summed E-state index contributed by atoms with van der Waals surface area (Å²) in [5.74, 6) is 0. The highest BCUT2D eigenvalue weighted by molar-refractivity contribution is 9.10. The zero-order valence-corrected chi connectivity index (χ0v) is 22.6. The molecule has 0 saturated carbocycles. The molecule has 3 heteroatoms. The molecule has 6 aromatic carbocycles. The van der Waals surface area contributed by atoms with Crippen LogP contribution in [0.15, 0.2) is 144 Å². The van der Waals surface area contributed by atoms with Crippen LogP contribution in [0, 0.1) is 0 Å². The van der Waals surface area contributed by atoms with Crippen LogP contribution in [0.5, 0.6) is 0 Å². The summed E-state index contributed by atoms with van der Waals surface area (Å²) in [6.45, 7) is 0. The molecule has 0 bridgehead atoms. The summed E-state index contributed by atoms with van der Waals surface area (Å²) < 4.78 is 5.87. The van der Waals surface area contributed by atoms with Crippen molar-refractivity contribution in [1.82, 2.24) is 9.13 Å². The van der Waals surface area contributed by atoms with E-state index in [1.807, 2.05) is 0 Å². The van der Waals surface area contributed by atoms with E-state index in [0.717, 1.165) is 10.2 Å². The lowest BCUT2D eigenvalue weighted by Gasteiger charge is -2.10. The van der Waals surface area contributed by atoms with Crippen LogP contribution in [0.4, 0.5) is 0 Å². The first-order chi connectivity index (χ1) is 19.3. The predicted molar refractivity (Wildman–Crippen MR) is 168 cm³/mol. The van der Waals surface area contributed by atoms with Gasteiger partial charge in [0.05, 0.1) is 22.1 Å². The first-order valence-electron chi connectivity index (χ1n) is 13.1. The Labute approximate surface area is 234 Å². The molecule has 0 saturated heterocycles. The third-order valence-corrected chi connectivity index (χ3v) is 8.27. The van der Waals surface area contributed by atoms with E-state index < -0.39 is 0 Å². The van der Waals surface area contributed by atoms with Gasteiger partial charge in [-0.15, -0.1) is 0 Å². The smallest absolute Gasteiger partial charge is 0.0548 e. The molecule has 184 valence electrons. The van der Waals surface area contributed by atoms with E-state index in [1.54, 1.807) is 0 Å². The summed E-state index contributed by atoms with van der Waals surface area (Å²) >= 11 is 3.76. The van der Waals surface area contributed by atoms with Crippen molar-refractivity contribution in [1.29, 1.82) is 0 Å². The Hall–Kier alpha value is -4.60. The summed E-state index contributed by atoms with van der Waals surface area (Å²) in [5.41, 5.74) is 9.61. The van der Waals surface area contributed by atoms with Crippen molar-refractivity contribution in [3.8, 4) is 22.5 Å². The molecule has 0 atom stereocenters. The number of rotatable bonds is 3. The highest BCUT2D eigenvalue weighted by atomic mass is 79.9. The fourth-order valence-electron chi connectivity index (χ4n) is 6.11. The van der Waals surface area contributed by atoms with Crippen molar-refractivity contribution in [2.24, 2.45) is 0 Å². The Balaban J connectivity index is 1.48. The Morgan fingerprint density at radius 1 is 0.385 bits per heavy atom. The van der Waals surface area contributed by atoms with Crippen LogP contribution in [-0.4, -0.2) is 9.13 Å². The van der Waals surface area contributed by atoms with Gasteiger partial charge >= 0.3 is 0 Å². The average Bonchev–Trinajstić information content (AvgIpc) is 3.50. The molecule has 0 amide bonds. The zero-order valence-electron chi connectivity index (χ0n) is 21.1. The lowest BCUT2D eigenvalue weighted by atomic mass is 10.1. The van der Waals surface area contributed by atoms with Gasteiger partial charge < -0.3 is 9.13 Å². The second-order valence-corrected chi connectivity index (χ2v) is 10.9. The molecule has 2 heterocycles. The van der Waals surface area contributed by atoms with Crippen molar-refractivity contribution in [2.75, 3.05) is 0 Å². The normalized spacial score (nSPS) is 11.7. The molecule has 0 aliphatic heterocycles. The topological polar surface area (TPSA) is 9.86 Å². The number of fused-ring (bicyclic) bond motifs is 7. The first-order valence-corrected chi connectivity index (χ1v) is 13.9. The lowest BCUT2D eigenvalue weighted by molar-refractivity contribution is 1.17. The summed E-state index contributed by atoms with van der Waals surface area (Å²) in [6, 6.07) is 50.1. The van der Waals surface area contributed by atoms with Crippen LogP contribution >= 0.6 is 15.9 Å². The van der Waals surface area contributed by atoms with Crippen LogP contribution < -0.4 is 0 Å². The Morgan fingerprint density at radius 3 is 1.62 bits per heavy atom. The van der Waals surface area contributed by atoms with E-state index in [9.17, 15) is 0 Å². The molecule has 2 nitrogen and oxygen atoms in total. The van der Waals surface area contributed by atoms with E-state index in [4.69, 9.17) is 0 Å². The summed E-state index contributed by atoms with van der Waals surface area (Å²) in [7, 11) is 0. The van der Waals surface area contributed by atoms with Gasteiger partial charge in [0.2, 0.25) is 0 Å². The van der Waals surface area contributed by atoms with Crippen LogP contribution in [-0.2, 0) is 0 Å². The molecule has 0 fully saturated rings. The van der Waals surface area contributed by atoms with Crippen molar-refractivity contribution in [3.63, 3.8) is 0 Å². The number of hydrogen-bond acceptors (Lipinski definition) is 0. The zero-order chi connectivity index (χ0) is 25.9. The van der Waals surface area contributed by atoms with Crippen LogP contribution in [0.1, 0.15) is 0 Å². The van der Waals surface area contributed by atoms with Crippen LogP contribution in [0.25, 0.3) is 66.1 Å². The second-order valence-electron chi connectivity index (χ2n) is 9.95. The van der Waals surface area contributed by atoms with E-state index in [0.29, 0.717) is 0 Å². The maximum Gasteiger partial charge on any atom is 0.0548 e. The number of nitrogens with zero attached hydrogens (tertiary/aromatic N) is 2. The maximum absolute atomic E-state index is 3.76. The maximum atomic E-state index is 3.76. The molecule has 0 N–H and O–H groups in total. The van der Waals surface area contributed by atoms with Gasteiger partial charge in [0.1, 0.15) is 0 Å². The standard InChI is InChI=1S/C36H23BrN2/c37-26-17-20-32-30(23-26)36-34(39(32)28-18-15-25(16-19-28)24-9-3-1-4-10-24)22-21-33-35(36)29-13-7-8-14-31(29)38(33)27-11-5-2-6-12-27/h1-23H. The molecular weight excluding hydrogens is 540 g/mol. The van der Waals surface area contributed by atoms with Crippen molar-refractivity contribution in [2.45, 2.75) is 0 Å². The molecule has 0 aliphatic carbocycles.